The van der Waals surface area contributed by atoms with Crippen LogP contribution in [0.2, 0.25) is 0 Å². The van der Waals surface area contributed by atoms with Gasteiger partial charge in [0, 0.05) is 0 Å². The summed E-state index contributed by atoms with van der Waals surface area (Å²) in [6, 6.07) is 0. The van der Waals surface area contributed by atoms with E-state index in [1.54, 1.807) is 0 Å². The molecule has 2 radical (unpaired) electrons. The third-order valence-electron chi connectivity index (χ3n) is 3.48. The minimum Gasteiger partial charge on any atom is -0.0625 e. The first-order valence-electron chi connectivity index (χ1n) is 4.33. The molecule has 2 rings (SSSR count). The Labute approximate surface area is 64.0 Å². The molecule has 0 saturated heterocycles. The predicted octanol–water partition coefficient (Wildman–Crippen LogP) is 2.71. The Kier molecular flexibility index (Phi) is 1.19. The summed E-state index contributed by atoms with van der Waals surface area (Å²) >= 11 is 0. The van der Waals surface area contributed by atoms with Crippen LogP contribution in [0.25, 0.3) is 0 Å². The van der Waals surface area contributed by atoms with Crippen LogP contribution < -0.4 is 0 Å². The summed E-state index contributed by atoms with van der Waals surface area (Å²) in [6.07, 6.45) is 4.18. The molecule has 0 nitrogen and oxygen atoms in total. The van der Waals surface area contributed by atoms with Gasteiger partial charge in [-0.25, -0.2) is 0 Å². The monoisotopic (exact) mass is 136 g/mol. The zero-order valence-electron chi connectivity index (χ0n) is 6.77. The van der Waals surface area contributed by atoms with Crippen molar-refractivity contribution in [2.75, 3.05) is 0 Å². The van der Waals surface area contributed by atoms with Gasteiger partial charge in [-0.05, 0) is 49.9 Å². The van der Waals surface area contributed by atoms with Crippen molar-refractivity contribution in [3.63, 3.8) is 0 Å². The van der Waals surface area contributed by atoms with Crippen LogP contribution in [0.5, 0.6) is 0 Å². The number of fused-ring (bicyclic) bond motifs is 1. The van der Waals surface area contributed by atoms with Gasteiger partial charge in [-0.15, -0.1) is 0 Å². The predicted molar refractivity (Wildman–Crippen MR) is 43.1 cm³/mol. The average molecular weight is 136 g/mol. The van der Waals surface area contributed by atoms with E-state index in [4.69, 9.17) is 0 Å². The minimum absolute atomic E-state index is 0.227. The van der Waals surface area contributed by atoms with E-state index in [-0.39, 0.29) is 5.41 Å². The summed E-state index contributed by atoms with van der Waals surface area (Å²) in [6.45, 7) is 10.7. The lowest BCUT2D eigenvalue weighted by Crippen LogP contribution is -2.03. The Hall–Kier alpha value is 0. The summed E-state index contributed by atoms with van der Waals surface area (Å²) < 4.78 is 0. The van der Waals surface area contributed by atoms with Crippen LogP contribution in [-0.2, 0) is 0 Å². The minimum atomic E-state index is 0.227. The second-order valence-electron chi connectivity index (χ2n) is 4.36. The Morgan fingerprint density at radius 2 is 1.90 bits per heavy atom. The SMILES string of the molecule is [CH2]C1([CH2])C2CCC(C)CC21. The zero-order chi connectivity index (χ0) is 7.35. The fraction of sp³-hybridized carbons (Fsp3) is 0.800. The number of rotatable bonds is 0. The second-order valence-corrected chi connectivity index (χ2v) is 4.36. The van der Waals surface area contributed by atoms with Gasteiger partial charge in [0.15, 0.2) is 0 Å². The van der Waals surface area contributed by atoms with E-state index in [0.29, 0.717) is 0 Å². The van der Waals surface area contributed by atoms with Crippen molar-refractivity contribution in [1.29, 1.82) is 0 Å². The molecule has 0 aromatic carbocycles. The van der Waals surface area contributed by atoms with Crippen LogP contribution in [0, 0.1) is 37.0 Å². The maximum Gasteiger partial charge on any atom is -0.0235 e. The molecule has 2 aliphatic rings. The Bertz CT molecular complexity index is 146. The van der Waals surface area contributed by atoms with Crippen molar-refractivity contribution in [1.82, 2.24) is 0 Å². The molecule has 0 N–H and O–H groups in total. The van der Waals surface area contributed by atoms with Crippen LogP contribution in [0.15, 0.2) is 0 Å². The summed E-state index contributed by atoms with van der Waals surface area (Å²) in [5.74, 6) is 2.69. The van der Waals surface area contributed by atoms with Crippen molar-refractivity contribution in [2.45, 2.75) is 26.2 Å². The lowest BCUT2D eigenvalue weighted by atomic mass is 9.91. The van der Waals surface area contributed by atoms with Crippen LogP contribution in [0.3, 0.4) is 0 Å². The molecule has 0 amide bonds. The molecule has 0 aromatic rings. The van der Waals surface area contributed by atoms with Gasteiger partial charge < -0.3 is 0 Å². The van der Waals surface area contributed by atoms with Gasteiger partial charge in [-0.2, -0.15) is 0 Å². The largest absolute Gasteiger partial charge is 0.0625 e. The molecule has 2 aliphatic carbocycles. The highest BCUT2D eigenvalue weighted by atomic mass is 14.6. The summed E-state index contributed by atoms with van der Waals surface area (Å²) in [7, 11) is 0. The van der Waals surface area contributed by atoms with E-state index in [1.165, 1.54) is 19.3 Å². The van der Waals surface area contributed by atoms with Crippen LogP contribution in [0.1, 0.15) is 26.2 Å². The van der Waals surface area contributed by atoms with E-state index < -0.39 is 0 Å². The van der Waals surface area contributed by atoms with E-state index in [1.807, 2.05) is 0 Å². The van der Waals surface area contributed by atoms with Gasteiger partial charge in [0.1, 0.15) is 0 Å². The third kappa shape index (κ3) is 0.741. The van der Waals surface area contributed by atoms with E-state index in [0.717, 1.165) is 17.8 Å². The van der Waals surface area contributed by atoms with Crippen molar-refractivity contribution in [3.8, 4) is 0 Å². The molecule has 2 fully saturated rings. The Morgan fingerprint density at radius 3 is 2.40 bits per heavy atom. The summed E-state index contributed by atoms with van der Waals surface area (Å²) in [5.41, 5.74) is 0.227. The van der Waals surface area contributed by atoms with Gasteiger partial charge in [0.05, 0.1) is 0 Å². The molecule has 0 bridgehead atoms. The molecule has 0 aromatic heterocycles. The molecule has 2 saturated carbocycles. The fourth-order valence-corrected chi connectivity index (χ4v) is 2.57. The fourth-order valence-electron chi connectivity index (χ4n) is 2.57. The number of hydrogen-bond acceptors (Lipinski definition) is 0. The van der Waals surface area contributed by atoms with Crippen LogP contribution in [-0.4, -0.2) is 0 Å². The first-order chi connectivity index (χ1) is 4.62. The molecule has 56 valence electrons. The van der Waals surface area contributed by atoms with Gasteiger partial charge in [0.2, 0.25) is 0 Å². The van der Waals surface area contributed by atoms with Crippen molar-refractivity contribution in [3.05, 3.63) is 13.8 Å². The lowest BCUT2D eigenvalue weighted by Gasteiger charge is -2.15. The van der Waals surface area contributed by atoms with Gasteiger partial charge in [-0.3, -0.25) is 0 Å². The molecule has 0 heteroatoms. The molecular weight excluding hydrogens is 120 g/mol. The zero-order valence-corrected chi connectivity index (χ0v) is 6.77. The highest BCUT2D eigenvalue weighted by Gasteiger charge is 2.58. The average Bonchev–Trinajstić information content (AvgIpc) is 2.36. The highest BCUT2D eigenvalue weighted by molar-refractivity contribution is 5.15. The Morgan fingerprint density at radius 1 is 1.20 bits per heavy atom. The maximum atomic E-state index is 4.15. The van der Waals surface area contributed by atoms with Gasteiger partial charge >= 0.3 is 0 Å². The van der Waals surface area contributed by atoms with E-state index in [2.05, 4.69) is 20.8 Å². The molecule has 0 aliphatic heterocycles. The topological polar surface area (TPSA) is 0 Å². The van der Waals surface area contributed by atoms with Crippen LogP contribution in [0.4, 0.5) is 0 Å². The van der Waals surface area contributed by atoms with Crippen molar-refractivity contribution < 1.29 is 0 Å². The molecular formula is C10H16. The first kappa shape index (κ1) is 6.69. The normalized spacial score (nSPS) is 50.1. The highest BCUT2D eigenvalue weighted by Crippen LogP contribution is 2.65. The second kappa shape index (κ2) is 1.78. The molecule has 3 atom stereocenters. The number of hydrogen-bond donors (Lipinski definition) is 0. The molecule has 0 heterocycles. The smallest absolute Gasteiger partial charge is 0.0235 e. The Balaban J connectivity index is 2.04. The maximum absolute atomic E-state index is 4.15. The standard InChI is InChI=1S/C10H16/c1-7-4-5-8-9(6-7)10(8,2)3/h7-9H,2-6H2,1H3. The van der Waals surface area contributed by atoms with Crippen LogP contribution >= 0.6 is 0 Å². The van der Waals surface area contributed by atoms with Gasteiger partial charge in [0.25, 0.3) is 0 Å². The summed E-state index contributed by atoms with van der Waals surface area (Å²) in [4.78, 5) is 0. The molecule has 3 unspecified atom stereocenters. The summed E-state index contributed by atoms with van der Waals surface area (Å²) in [5, 5.41) is 0. The van der Waals surface area contributed by atoms with Crippen molar-refractivity contribution >= 4 is 0 Å². The third-order valence-corrected chi connectivity index (χ3v) is 3.48. The van der Waals surface area contributed by atoms with E-state index in [9.17, 15) is 0 Å². The quantitative estimate of drug-likeness (QED) is 0.480. The van der Waals surface area contributed by atoms with E-state index >= 15 is 0 Å². The van der Waals surface area contributed by atoms with Gasteiger partial charge in [-0.1, -0.05) is 13.3 Å². The first-order valence-corrected chi connectivity index (χ1v) is 4.33. The molecule has 0 spiro atoms. The van der Waals surface area contributed by atoms with Crippen molar-refractivity contribution in [2.24, 2.45) is 23.2 Å². The molecule has 10 heavy (non-hydrogen) atoms. The lowest BCUT2D eigenvalue weighted by molar-refractivity contribution is 0.368.